The molecule has 0 bridgehead atoms. The Morgan fingerprint density at radius 3 is 2.71 bits per heavy atom. The number of nitrogens with one attached hydrogen (secondary N) is 1. The molecular formula is C14H29N3. The van der Waals surface area contributed by atoms with E-state index in [4.69, 9.17) is 0 Å². The lowest BCUT2D eigenvalue weighted by molar-refractivity contribution is 0.0327. The van der Waals surface area contributed by atoms with Crippen LogP contribution in [0.5, 0.6) is 0 Å². The summed E-state index contributed by atoms with van der Waals surface area (Å²) in [5, 5.41) is 3.57. The van der Waals surface area contributed by atoms with Gasteiger partial charge >= 0.3 is 0 Å². The summed E-state index contributed by atoms with van der Waals surface area (Å²) in [7, 11) is 0. The molecule has 2 aliphatic rings. The second-order valence-electron chi connectivity index (χ2n) is 6.25. The second kappa shape index (κ2) is 5.68. The van der Waals surface area contributed by atoms with E-state index in [0.717, 1.165) is 12.6 Å². The molecule has 17 heavy (non-hydrogen) atoms. The average molecular weight is 239 g/mol. The molecule has 3 atom stereocenters. The Hall–Kier alpha value is -0.120. The van der Waals surface area contributed by atoms with E-state index in [1.54, 1.807) is 0 Å². The van der Waals surface area contributed by atoms with Crippen molar-refractivity contribution in [1.82, 2.24) is 15.1 Å². The maximum absolute atomic E-state index is 3.57. The van der Waals surface area contributed by atoms with Crippen LogP contribution >= 0.6 is 0 Å². The summed E-state index contributed by atoms with van der Waals surface area (Å²) in [5.74, 6) is 0. The van der Waals surface area contributed by atoms with Crippen LogP contribution in [0.1, 0.15) is 40.5 Å². The summed E-state index contributed by atoms with van der Waals surface area (Å²) < 4.78 is 0. The normalized spacial score (nSPS) is 33.0. The quantitative estimate of drug-likeness (QED) is 0.803. The number of rotatable bonds is 4. The van der Waals surface area contributed by atoms with Gasteiger partial charge in [-0.05, 0) is 33.2 Å². The van der Waals surface area contributed by atoms with Crippen molar-refractivity contribution in [2.24, 2.45) is 0 Å². The van der Waals surface area contributed by atoms with Gasteiger partial charge in [0.2, 0.25) is 0 Å². The summed E-state index contributed by atoms with van der Waals surface area (Å²) in [4.78, 5) is 5.41. The summed E-state index contributed by atoms with van der Waals surface area (Å²) in [5.41, 5.74) is 0. The Morgan fingerprint density at radius 2 is 2.00 bits per heavy atom. The predicted molar refractivity (Wildman–Crippen MR) is 73.4 cm³/mol. The molecule has 2 saturated heterocycles. The van der Waals surface area contributed by atoms with Crippen LogP contribution in [0.4, 0.5) is 0 Å². The van der Waals surface area contributed by atoms with Crippen LogP contribution in [0.15, 0.2) is 0 Å². The third-order valence-electron chi connectivity index (χ3n) is 4.37. The fourth-order valence-corrected chi connectivity index (χ4v) is 3.35. The van der Waals surface area contributed by atoms with Crippen LogP contribution in [-0.4, -0.2) is 60.1 Å². The van der Waals surface area contributed by atoms with Crippen molar-refractivity contribution in [3.05, 3.63) is 0 Å². The van der Waals surface area contributed by atoms with Gasteiger partial charge in [0, 0.05) is 43.8 Å². The van der Waals surface area contributed by atoms with Crippen molar-refractivity contribution in [3.8, 4) is 0 Å². The van der Waals surface area contributed by atoms with E-state index in [0.29, 0.717) is 18.1 Å². The summed E-state index contributed by atoms with van der Waals surface area (Å²) in [6, 6.07) is 2.82. The molecule has 0 saturated carbocycles. The zero-order chi connectivity index (χ0) is 12.4. The van der Waals surface area contributed by atoms with Gasteiger partial charge in [-0.2, -0.15) is 0 Å². The number of nitrogens with zero attached hydrogens (tertiary/aromatic N) is 2. The fourth-order valence-electron chi connectivity index (χ4n) is 3.35. The monoisotopic (exact) mass is 239 g/mol. The van der Waals surface area contributed by atoms with E-state index in [9.17, 15) is 0 Å². The Balaban J connectivity index is 1.86. The molecule has 0 aromatic carbocycles. The van der Waals surface area contributed by atoms with Gasteiger partial charge in [0.25, 0.3) is 0 Å². The van der Waals surface area contributed by atoms with Gasteiger partial charge in [-0.3, -0.25) is 9.80 Å². The van der Waals surface area contributed by atoms with Crippen molar-refractivity contribution < 1.29 is 0 Å². The van der Waals surface area contributed by atoms with E-state index in [1.807, 2.05) is 0 Å². The molecule has 2 rings (SSSR count). The molecule has 2 aliphatic heterocycles. The zero-order valence-electron chi connectivity index (χ0n) is 11.9. The molecule has 3 nitrogen and oxygen atoms in total. The molecule has 3 heteroatoms. The lowest BCUT2D eigenvalue weighted by Crippen LogP contribution is -2.59. The van der Waals surface area contributed by atoms with Gasteiger partial charge < -0.3 is 5.32 Å². The molecule has 0 radical (unpaired) electrons. The molecule has 2 heterocycles. The second-order valence-corrected chi connectivity index (χ2v) is 6.25. The van der Waals surface area contributed by atoms with Crippen LogP contribution in [0.2, 0.25) is 0 Å². The van der Waals surface area contributed by atoms with E-state index >= 15 is 0 Å². The molecule has 0 amide bonds. The predicted octanol–water partition coefficient (Wildman–Crippen LogP) is 1.54. The Morgan fingerprint density at radius 1 is 1.24 bits per heavy atom. The van der Waals surface area contributed by atoms with Crippen molar-refractivity contribution in [1.29, 1.82) is 0 Å². The van der Waals surface area contributed by atoms with Gasteiger partial charge in [0.05, 0.1) is 0 Å². The number of piperazine rings is 1. The average Bonchev–Trinajstić information content (AvgIpc) is 2.71. The minimum absolute atomic E-state index is 0.598. The van der Waals surface area contributed by atoms with Crippen LogP contribution in [0.25, 0.3) is 0 Å². The third-order valence-corrected chi connectivity index (χ3v) is 4.37. The molecule has 0 aromatic heterocycles. The lowest BCUT2D eigenvalue weighted by Gasteiger charge is -2.45. The first-order chi connectivity index (χ1) is 8.08. The summed E-state index contributed by atoms with van der Waals surface area (Å²) in [6.45, 7) is 14.2. The smallest absolute Gasteiger partial charge is 0.0224 e. The Bertz CT molecular complexity index is 242. The molecule has 3 unspecified atom stereocenters. The molecule has 2 fully saturated rings. The van der Waals surface area contributed by atoms with Gasteiger partial charge in [-0.15, -0.1) is 0 Å². The Kier molecular flexibility index (Phi) is 4.45. The maximum atomic E-state index is 3.57. The highest BCUT2D eigenvalue weighted by Gasteiger charge is 2.35. The molecule has 0 aliphatic carbocycles. The minimum Gasteiger partial charge on any atom is -0.313 e. The first-order valence-corrected chi connectivity index (χ1v) is 7.31. The lowest BCUT2D eigenvalue weighted by atomic mass is 10.1. The summed E-state index contributed by atoms with van der Waals surface area (Å²) in [6.07, 6.45) is 2.82. The van der Waals surface area contributed by atoms with Gasteiger partial charge in [0.15, 0.2) is 0 Å². The van der Waals surface area contributed by atoms with E-state index in [1.165, 1.54) is 32.5 Å². The van der Waals surface area contributed by atoms with E-state index < -0.39 is 0 Å². The van der Waals surface area contributed by atoms with Crippen molar-refractivity contribution >= 4 is 0 Å². The van der Waals surface area contributed by atoms with Crippen molar-refractivity contribution in [3.63, 3.8) is 0 Å². The fraction of sp³-hybridized carbons (Fsp3) is 1.00. The van der Waals surface area contributed by atoms with Crippen LogP contribution in [0, 0.1) is 0 Å². The first-order valence-electron chi connectivity index (χ1n) is 7.31. The van der Waals surface area contributed by atoms with Crippen LogP contribution in [0.3, 0.4) is 0 Å². The molecule has 1 N–H and O–H groups in total. The van der Waals surface area contributed by atoms with Gasteiger partial charge in [-0.1, -0.05) is 13.8 Å². The van der Waals surface area contributed by atoms with Crippen molar-refractivity contribution in [2.75, 3.05) is 26.2 Å². The molecule has 0 aromatic rings. The number of fused-ring (bicyclic) bond motifs is 1. The Labute approximate surface area is 107 Å². The number of hydrogen-bond donors (Lipinski definition) is 1. The molecule has 100 valence electrons. The minimum atomic E-state index is 0.598. The van der Waals surface area contributed by atoms with Gasteiger partial charge in [0.1, 0.15) is 0 Å². The van der Waals surface area contributed by atoms with Crippen LogP contribution < -0.4 is 5.32 Å². The van der Waals surface area contributed by atoms with Crippen LogP contribution in [-0.2, 0) is 0 Å². The highest BCUT2D eigenvalue weighted by Crippen LogP contribution is 2.25. The maximum Gasteiger partial charge on any atom is 0.0224 e. The van der Waals surface area contributed by atoms with Crippen molar-refractivity contribution in [2.45, 2.75) is 64.7 Å². The standard InChI is InChI=1S/C14H29N3/c1-11(2)15-8-12(3)17-10-14-6-5-7-16(14)9-13(17)4/h11-15H,5-10H2,1-4H3. The molecule has 0 spiro atoms. The number of hydrogen-bond acceptors (Lipinski definition) is 3. The van der Waals surface area contributed by atoms with Gasteiger partial charge in [-0.25, -0.2) is 0 Å². The summed E-state index contributed by atoms with van der Waals surface area (Å²) >= 11 is 0. The topological polar surface area (TPSA) is 18.5 Å². The molecular weight excluding hydrogens is 210 g/mol. The highest BCUT2D eigenvalue weighted by molar-refractivity contribution is 4.92. The third kappa shape index (κ3) is 3.21. The zero-order valence-corrected chi connectivity index (χ0v) is 11.9. The highest BCUT2D eigenvalue weighted by atomic mass is 15.3. The first kappa shape index (κ1) is 13.3. The van der Waals surface area contributed by atoms with E-state index in [-0.39, 0.29) is 0 Å². The largest absolute Gasteiger partial charge is 0.313 e. The van der Waals surface area contributed by atoms with E-state index in [2.05, 4.69) is 42.8 Å². The SMILES string of the molecule is CC(C)NCC(C)N1CC2CCCN2CC1C.